The second-order valence-electron chi connectivity index (χ2n) is 9.36. The highest BCUT2D eigenvalue weighted by Crippen LogP contribution is 2.23. The van der Waals surface area contributed by atoms with Crippen molar-refractivity contribution in [1.29, 1.82) is 0 Å². The number of aromatic nitrogens is 2. The summed E-state index contributed by atoms with van der Waals surface area (Å²) in [5, 5.41) is 4.68. The van der Waals surface area contributed by atoms with Crippen LogP contribution in [0.2, 0.25) is 0 Å². The SMILES string of the molecule is Cc1nn(-c2ccccc2)c(C)c1CN(C)C(=O)[C@@H]1CCCN(C(=O)OC(C)(C)C)C1. The molecule has 1 aromatic heterocycles. The molecule has 0 spiro atoms. The van der Waals surface area contributed by atoms with Gasteiger partial charge in [-0.05, 0) is 59.6 Å². The van der Waals surface area contributed by atoms with Gasteiger partial charge in [-0.25, -0.2) is 9.48 Å². The summed E-state index contributed by atoms with van der Waals surface area (Å²) < 4.78 is 7.41. The minimum atomic E-state index is -0.543. The molecule has 168 valence electrons. The second kappa shape index (κ2) is 9.12. The van der Waals surface area contributed by atoms with Crippen LogP contribution in [0.15, 0.2) is 30.3 Å². The number of hydrogen-bond donors (Lipinski definition) is 0. The van der Waals surface area contributed by atoms with Gasteiger partial charge in [0.25, 0.3) is 0 Å². The molecule has 1 aliphatic rings. The van der Waals surface area contributed by atoms with E-state index in [0.717, 1.165) is 35.5 Å². The predicted octanol–water partition coefficient (Wildman–Crippen LogP) is 4.09. The summed E-state index contributed by atoms with van der Waals surface area (Å²) in [6, 6.07) is 9.99. The first-order chi connectivity index (χ1) is 14.6. The molecular formula is C24H34N4O3. The molecule has 0 bridgehead atoms. The number of rotatable bonds is 4. The maximum Gasteiger partial charge on any atom is 0.410 e. The van der Waals surface area contributed by atoms with Crippen molar-refractivity contribution in [3.8, 4) is 5.69 Å². The van der Waals surface area contributed by atoms with Gasteiger partial charge in [0.2, 0.25) is 5.91 Å². The van der Waals surface area contributed by atoms with E-state index in [-0.39, 0.29) is 17.9 Å². The fourth-order valence-corrected chi connectivity index (χ4v) is 4.02. The Bertz CT molecular complexity index is 930. The topological polar surface area (TPSA) is 67.7 Å². The van der Waals surface area contributed by atoms with E-state index in [1.807, 2.05) is 76.7 Å². The molecule has 1 fully saturated rings. The third kappa shape index (κ3) is 5.46. The molecule has 2 heterocycles. The van der Waals surface area contributed by atoms with E-state index < -0.39 is 5.60 Å². The summed E-state index contributed by atoms with van der Waals surface area (Å²) >= 11 is 0. The van der Waals surface area contributed by atoms with Crippen LogP contribution < -0.4 is 0 Å². The van der Waals surface area contributed by atoms with E-state index in [0.29, 0.717) is 19.6 Å². The van der Waals surface area contributed by atoms with Gasteiger partial charge in [0, 0.05) is 37.9 Å². The van der Waals surface area contributed by atoms with Crippen molar-refractivity contribution in [1.82, 2.24) is 19.6 Å². The average molecular weight is 427 g/mol. The van der Waals surface area contributed by atoms with E-state index in [2.05, 4.69) is 5.10 Å². The molecule has 1 atom stereocenters. The third-order valence-electron chi connectivity index (χ3n) is 5.64. The molecule has 7 heteroatoms. The van der Waals surface area contributed by atoms with Crippen molar-refractivity contribution in [2.24, 2.45) is 5.92 Å². The molecular weight excluding hydrogens is 392 g/mol. The van der Waals surface area contributed by atoms with Crippen LogP contribution in [-0.2, 0) is 16.1 Å². The van der Waals surface area contributed by atoms with Gasteiger partial charge in [0.05, 0.1) is 17.3 Å². The number of ether oxygens (including phenoxy) is 1. The van der Waals surface area contributed by atoms with Crippen molar-refractivity contribution in [2.45, 2.75) is 59.6 Å². The molecule has 1 aliphatic heterocycles. The third-order valence-corrected chi connectivity index (χ3v) is 5.64. The first kappa shape index (κ1) is 22.8. The van der Waals surface area contributed by atoms with Crippen molar-refractivity contribution in [3.63, 3.8) is 0 Å². The lowest BCUT2D eigenvalue weighted by atomic mass is 9.96. The number of hydrogen-bond acceptors (Lipinski definition) is 4. The molecule has 0 radical (unpaired) electrons. The van der Waals surface area contributed by atoms with Gasteiger partial charge in [0.15, 0.2) is 0 Å². The second-order valence-corrected chi connectivity index (χ2v) is 9.36. The number of nitrogens with zero attached hydrogens (tertiary/aromatic N) is 4. The summed E-state index contributed by atoms with van der Waals surface area (Å²) in [7, 11) is 1.83. The Morgan fingerprint density at radius 3 is 2.52 bits per heavy atom. The van der Waals surface area contributed by atoms with E-state index in [1.54, 1.807) is 9.80 Å². The van der Waals surface area contributed by atoms with Gasteiger partial charge in [0.1, 0.15) is 5.60 Å². The molecule has 2 aromatic rings. The van der Waals surface area contributed by atoms with E-state index in [1.165, 1.54) is 0 Å². The van der Waals surface area contributed by atoms with E-state index in [9.17, 15) is 9.59 Å². The lowest BCUT2D eigenvalue weighted by molar-refractivity contribution is -0.136. The predicted molar refractivity (Wildman–Crippen MR) is 120 cm³/mol. The maximum atomic E-state index is 13.2. The van der Waals surface area contributed by atoms with Gasteiger partial charge in [-0.2, -0.15) is 5.10 Å². The highest BCUT2D eigenvalue weighted by atomic mass is 16.6. The fraction of sp³-hybridized carbons (Fsp3) is 0.542. The zero-order valence-corrected chi connectivity index (χ0v) is 19.5. The average Bonchev–Trinajstić information content (AvgIpc) is 3.01. The van der Waals surface area contributed by atoms with Crippen molar-refractivity contribution >= 4 is 12.0 Å². The van der Waals surface area contributed by atoms with Crippen LogP contribution in [0.5, 0.6) is 0 Å². The molecule has 31 heavy (non-hydrogen) atoms. The zero-order chi connectivity index (χ0) is 22.8. The van der Waals surface area contributed by atoms with Crippen LogP contribution in [0.3, 0.4) is 0 Å². The van der Waals surface area contributed by atoms with Crippen molar-refractivity contribution in [2.75, 3.05) is 20.1 Å². The van der Waals surface area contributed by atoms with Crippen molar-refractivity contribution in [3.05, 3.63) is 47.3 Å². The molecule has 0 aliphatic carbocycles. The van der Waals surface area contributed by atoms with Gasteiger partial charge in [-0.15, -0.1) is 0 Å². The van der Waals surface area contributed by atoms with Gasteiger partial charge in [-0.3, -0.25) is 4.79 Å². The Labute approximate surface area is 185 Å². The van der Waals surface area contributed by atoms with Gasteiger partial charge < -0.3 is 14.5 Å². The number of carbonyl (C=O) groups excluding carboxylic acids is 2. The number of amides is 2. The van der Waals surface area contributed by atoms with Gasteiger partial charge >= 0.3 is 6.09 Å². The smallest absolute Gasteiger partial charge is 0.410 e. The minimum Gasteiger partial charge on any atom is -0.444 e. The lowest BCUT2D eigenvalue weighted by Gasteiger charge is -2.35. The summed E-state index contributed by atoms with van der Waals surface area (Å²) in [5.74, 6) is -0.157. The van der Waals surface area contributed by atoms with Crippen LogP contribution >= 0.6 is 0 Å². The molecule has 1 aromatic carbocycles. The quantitative estimate of drug-likeness (QED) is 0.738. The standard InChI is InChI=1S/C24H34N4O3/c1-17-21(18(2)28(25-17)20-12-8-7-9-13-20)16-26(6)22(29)19-11-10-14-27(15-19)23(30)31-24(3,4)5/h7-9,12-13,19H,10-11,14-16H2,1-6H3/t19-/m1/s1. The minimum absolute atomic E-state index is 0.0551. The number of benzene rings is 1. The fourth-order valence-electron chi connectivity index (χ4n) is 4.02. The van der Waals surface area contributed by atoms with Crippen LogP contribution in [0.1, 0.15) is 50.6 Å². The molecule has 2 amide bonds. The number of likely N-dealkylation sites (tertiary alicyclic amines) is 1. The highest BCUT2D eigenvalue weighted by molar-refractivity contribution is 5.80. The van der Waals surface area contributed by atoms with Crippen LogP contribution in [-0.4, -0.2) is 57.3 Å². The molecule has 0 saturated carbocycles. The van der Waals surface area contributed by atoms with Crippen molar-refractivity contribution < 1.29 is 14.3 Å². The van der Waals surface area contributed by atoms with Gasteiger partial charge in [-0.1, -0.05) is 18.2 Å². The maximum absolute atomic E-state index is 13.2. The molecule has 0 N–H and O–H groups in total. The monoisotopic (exact) mass is 426 g/mol. The number of piperidine rings is 1. The first-order valence-corrected chi connectivity index (χ1v) is 10.9. The van der Waals surface area contributed by atoms with E-state index >= 15 is 0 Å². The Morgan fingerprint density at radius 1 is 1.19 bits per heavy atom. The van der Waals surface area contributed by atoms with E-state index in [4.69, 9.17) is 4.74 Å². The first-order valence-electron chi connectivity index (χ1n) is 10.9. The zero-order valence-electron chi connectivity index (χ0n) is 19.5. The van der Waals surface area contributed by atoms with Crippen LogP contribution in [0.4, 0.5) is 4.79 Å². The summed E-state index contributed by atoms with van der Waals surface area (Å²) in [4.78, 5) is 29.0. The lowest BCUT2D eigenvalue weighted by Crippen LogP contribution is -2.47. The number of aryl methyl sites for hydroxylation is 1. The Hall–Kier alpha value is -2.83. The largest absolute Gasteiger partial charge is 0.444 e. The summed E-state index contributed by atoms with van der Waals surface area (Å²) in [6.45, 7) is 11.1. The summed E-state index contributed by atoms with van der Waals surface area (Å²) in [6.07, 6.45) is 1.24. The summed E-state index contributed by atoms with van der Waals surface area (Å²) in [5.41, 5.74) is 3.46. The van der Waals surface area contributed by atoms with Crippen LogP contribution in [0.25, 0.3) is 5.69 Å². The Morgan fingerprint density at radius 2 is 1.87 bits per heavy atom. The highest BCUT2D eigenvalue weighted by Gasteiger charge is 2.32. The number of carbonyl (C=O) groups is 2. The molecule has 1 saturated heterocycles. The molecule has 7 nitrogen and oxygen atoms in total. The van der Waals surface area contributed by atoms with Crippen LogP contribution in [0, 0.1) is 19.8 Å². The normalized spacial score (nSPS) is 16.8. The Balaban J connectivity index is 1.68. The molecule has 3 rings (SSSR count). The Kier molecular flexibility index (Phi) is 6.72. The molecule has 0 unspecified atom stereocenters. The number of para-hydroxylation sites is 1.